The van der Waals surface area contributed by atoms with E-state index in [1.807, 2.05) is 0 Å². The minimum absolute atomic E-state index is 0.112. The molecular weight excluding hydrogens is 440 g/mol. The predicted molar refractivity (Wildman–Crippen MR) is 108 cm³/mol. The lowest BCUT2D eigenvalue weighted by Gasteiger charge is -2.14. The molecule has 2 aromatic rings. The molecule has 2 rings (SSSR count). The topological polar surface area (TPSA) is 84.5 Å². The van der Waals surface area contributed by atoms with Gasteiger partial charge in [-0.25, -0.2) is 4.39 Å². The van der Waals surface area contributed by atoms with Gasteiger partial charge in [-0.15, -0.1) is 11.8 Å². The van der Waals surface area contributed by atoms with Crippen molar-refractivity contribution >= 4 is 40.9 Å². The van der Waals surface area contributed by atoms with Crippen LogP contribution < -0.4 is 10.6 Å². The van der Waals surface area contributed by atoms with Gasteiger partial charge in [-0.05, 0) is 43.3 Å². The van der Waals surface area contributed by atoms with Gasteiger partial charge in [0.15, 0.2) is 6.61 Å². The van der Waals surface area contributed by atoms with Crippen LogP contribution in [-0.2, 0) is 25.3 Å². The Morgan fingerprint density at radius 2 is 1.65 bits per heavy atom. The van der Waals surface area contributed by atoms with Crippen LogP contribution in [0.3, 0.4) is 0 Å². The average Bonchev–Trinajstić information content (AvgIpc) is 2.71. The molecule has 0 aliphatic carbocycles. The van der Waals surface area contributed by atoms with E-state index in [4.69, 9.17) is 4.74 Å². The Morgan fingerprint density at radius 1 is 1.00 bits per heavy atom. The Labute approximate surface area is 179 Å². The number of hydrogen-bond donors (Lipinski definition) is 2. The first-order valence-electron chi connectivity index (χ1n) is 8.86. The van der Waals surface area contributed by atoms with Crippen molar-refractivity contribution in [2.24, 2.45) is 0 Å². The second-order valence-electron chi connectivity index (χ2n) is 6.21. The molecule has 2 aromatic carbocycles. The Morgan fingerprint density at radius 3 is 2.29 bits per heavy atom. The van der Waals surface area contributed by atoms with Crippen LogP contribution in [0.25, 0.3) is 0 Å². The van der Waals surface area contributed by atoms with Gasteiger partial charge in [0.25, 0.3) is 5.91 Å². The molecule has 0 heterocycles. The summed E-state index contributed by atoms with van der Waals surface area (Å²) < 4.78 is 56.5. The molecule has 166 valence electrons. The van der Waals surface area contributed by atoms with Gasteiger partial charge in [-0.2, -0.15) is 13.2 Å². The Balaban J connectivity index is 1.77. The van der Waals surface area contributed by atoms with E-state index < -0.39 is 52.9 Å². The highest BCUT2D eigenvalue weighted by atomic mass is 32.2. The second-order valence-corrected chi connectivity index (χ2v) is 7.54. The molecule has 0 aromatic heterocycles. The summed E-state index contributed by atoms with van der Waals surface area (Å²) in [4.78, 5) is 35.7. The molecule has 0 radical (unpaired) electrons. The number of thioether (sulfide) groups is 1. The van der Waals surface area contributed by atoms with Crippen molar-refractivity contribution in [2.75, 3.05) is 23.0 Å². The van der Waals surface area contributed by atoms with E-state index in [-0.39, 0.29) is 5.75 Å². The molecular formula is C20H18F4N2O4S. The quantitative estimate of drug-likeness (QED) is 0.460. The maximum Gasteiger partial charge on any atom is 0.418 e. The zero-order valence-corrected chi connectivity index (χ0v) is 17.0. The van der Waals surface area contributed by atoms with Crippen LogP contribution in [0.1, 0.15) is 12.5 Å². The predicted octanol–water partition coefficient (Wildman–Crippen LogP) is 4.09. The third-order valence-electron chi connectivity index (χ3n) is 3.78. The van der Waals surface area contributed by atoms with Crippen molar-refractivity contribution in [3.63, 3.8) is 0 Å². The maximum absolute atomic E-state index is 12.9. The molecule has 2 amide bonds. The number of carbonyl (C=O) groups is 3. The van der Waals surface area contributed by atoms with E-state index in [1.54, 1.807) is 0 Å². The fourth-order valence-electron chi connectivity index (χ4n) is 2.28. The van der Waals surface area contributed by atoms with E-state index in [9.17, 15) is 31.9 Å². The molecule has 0 aliphatic heterocycles. The number of amides is 2. The summed E-state index contributed by atoms with van der Waals surface area (Å²) in [5.74, 6) is -2.73. The fraction of sp³-hybridized carbons (Fsp3) is 0.250. The van der Waals surface area contributed by atoms with Crippen molar-refractivity contribution in [3.8, 4) is 0 Å². The summed E-state index contributed by atoms with van der Waals surface area (Å²) >= 11 is 0.935. The van der Waals surface area contributed by atoms with Crippen LogP contribution in [0.15, 0.2) is 48.5 Å². The zero-order chi connectivity index (χ0) is 23.0. The first kappa shape index (κ1) is 24.2. The van der Waals surface area contributed by atoms with Crippen molar-refractivity contribution < 1.29 is 36.7 Å². The monoisotopic (exact) mass is 458 g/mol. The number of esters is 1. The Kier molecular flexibility index (Phi) is 8.43. The van der Waals surface area contributed by atoms with Gasteiger partial charge < -0.3 is 15.4 Å². The molecule has 6 nitrogen and oxygen atoms in total. The summed E-state index contributed by atoms with van der Waals surface area (Å²) in [6.45, 7) is 0.673. The first-order chi connectivity index (χ1) is 14.6. The lowest BCUT2D eigenvalue weighted by atomic mass is 10.1. The molecule has 0 aliphatic rings. The SMILES string of the molecule is CC(SCC(=O)Nc1ccc(F)cc1)C(=O)OCC(=O)Nc1ccccc1C(F)(F)F. The third kappa shape index (κ3) is 7.93. The van der Waals surface area contributed by atoms with E-state index in [2.05, 4.69) is 10.6 Å². The smallest absolute Gasteiger partial charge is 0.418 e. The summed E-state index contributed by atoms with van der Waals surface area (Å²) in [6, 6.07) is 9.53. The molecule has 1 atom stereocenters. The Bertz CT molecular complexity index is 936. The van der Waals surface area contributed by atoms with Crippen molar-refractivity contribution in [2.45, 2.75) is 18.3 Å². The Hall–Kier alpha value is -3.08. The molecule has 1 unspecified atom stereocenters. The van der Waals surface area contributed by atoms with Gasteiger partial charge in [0.05, 0.1) is 17.0 Å². The van der Waals surface area contributed by atoms with Crippen molar-refractivity contribution in [1.29, 1.82) is 0 Å². The number of para-hydroxylation sites is 1. The van der Waals surface area contributed by atoms with E-state index in [0.717, 1.165) is 23.9 Å². The van der Waals surface area contributed by atoms with Gasteiger partial charge in [0, 0.05) is 5.69 Å². The minimum Gasteiger partial charge on any atom is -0.455 e. The number of halogens is 4. The molecule has 0 saturated heterocycles. The molecule has 0 fully saturated rings. The summed E-state index contributed by atoms with van der Waals surface area (Å²) in [7, 11) is 0. The molecule has 0 saturated carbocycles. The lowest BCUT2D eigenvalue weighted by molar-refractivity contribution is -0.146. The minimum atomic E-state index is -4.65. The van der Waals surface area contributed by atoms with Gasteiger partial charge >= 0.3 is 12.1 Å². The lowest BCUT2D eigenvalue weighted by Crippen LogP contribution is -2.26. The van der Waals surface area contributed by atoms with Crippen LogP contribution in [0.4, 0.5) is 28.9 Å². The van der Waals surface area contributed by atoms with Crippen LogP contribution in [0.2, 0.25) is 0 Å². The number of nitrogens with one attached hydrogen (secondary N) is 2. The molecule has 2 N–H and O–H groups in total. The molecule has 0 spiro atoms. The number of rotatable bonds is 8. The number of anilines is 2. The summed E-state index contributed by atoms with van der Waals surface area (Å²) in [6.07, 6.45) is -4.65. The standard InChI is InChI=1S/C20H18F4N2O4S/c1-12(31-11-18(28)25-14-8-6-13(21)7-9-14)19(29)30-10-17(27)26-16-5-3-2-4-15(16)20(22,23)24/h2-9,12H,10-11H2,1H3,(H,25,28)(H,26,27). The number of hydrogen-bond acceptors (Lipinski definition) is 5. The molecule has 31 heavy (non-hydrogen) atoms. The summed E-state index contributed by atoms with van der Waals surface area (Å²) in [5.41, 5.74) is -1.08. The number of ether oxygens (including phenoxy) is 1. The maximum atomic E-state index is 12.9. The van der Waals surface area contributed by atoms with Gasteiger partial charge in [0.1, 0.15) is 11.1 Å². The average molecular weight is 458 g/mol. The first-order valence-corrected chi connectivity index (χ1v) is 9.91. The number of alkyl halides is 3. The number of carbonyl (C=O) groups excluding carboxylic acids is 3. The molecule has 11 heteroatoms. The van der Waals surface area contributed by atoms with Gasteiger partial charge in [-0.3, -0.25) is 14.4 Å². The van der Waals surface area contributed by atoms with Crippen LogP contribution >= 0.6 is 11.8 Å². The van der Waals surface area contributed by atoms with Crippen LogP contribution in [0, 0.1) is 5.82 Å². The largest absolute Gasteiger partial charge is 0.455 e. The fourth-order valence-corrected chi connectivity index (χ4v) is 2.96. The van der Waals surface area contributed by atoms with Gasteiger partial charge in [-0.1, -0.05) is 12.1 Å². The van der Waals surface area contributed by atoms with Crippen LogP contribution in [0.5, 0.6) is 0 Å². The summed E-state index contributed by atoms with van der Waals surface area (Å²) in [5, 5.41) is 3.77. The highest BCUT2D eigenvalue weighted by molar-refractivity contribution is 8.01. The van der Waals surface area contributed by atoms with Crippen LogP contribution in [-0.4, -0.2) is 35.4 Å². The van der Waals surface area contributed by atoms with E-state index >= 15 is 0 Å². The van der Waals surface area contributed by atoms with E-state index in [1.165, 1.54) is 43.3 Å². The van der Waals surface area contributed by atoms with Crippen molar-refractivity contribution in [3.05, 3.63) is 59.9 Å². The number of benzene rings is 2. The molecule has 0 bridgehead atoms. The normalized spacial score (nSPS) is 12.0. The highest BCUT2D eigenvalue weighted by Crippen LogP contribution is 2.34. The zero-order valence-electron chi connectivity index (χ0n) is 16.2. The third-order valence-corrected chi connectivity index (χ3v) is 4.90. The van der Waals surface area contributed by atoms with E-state index in [0.29, 0.717) is 5.69 Å². The van der Waals surface area contributed by atoms with Gasteiger partial charge in [0.2, 0.25) is 5.91 Å². The highest BCUT2D eigenvalue weighted by Gasteiger charge is 2.33. The second kappa shape index (κ2) is 10.8. The van der Waals surface area contributed by atoms with Crippen molar-refractivity contribution in [1.82, 2.24) is 0 Å².